The minimum Gasteiger partial charge on any atom is -0.493 e. The maximum atomic E-state index is 5.53. The van der Waals surface area contributed by atoms with E-state index in [1.165, 1.54) is 0 Å². The summed E-state index contributed by atoms with van der Waals surface area (Å²) in [4.78, 5) is 8.60. The van der Waals surface area contributed by atoms with Crippen LogP contribution in [0.3, 0.4) is 0 Å². The second-order valence-electron chi connectivity index (χ2n) is 4.98. The van der Waals surface area contributed by atoms with Gasteiger partial charge in [-0.2, -0.15) is 0 Å². The molecule has 0 aliphatic rings. The van der Waals surface area contributed by atoms with Crippen LogP contribution in [-0.4, -0.2) is 42.3 Å². The van der Waals surface area contributed by atoms with Crippen molar-refractivity contribution in [3.63, 3.8) is 0 Å². The zero-order valence-corrected chi connectivity index (χ0v) is 14.5. The number of hydrogen-bond donors (Lipinski definition) is 2. The van der Waals surface area contributed by atoms with Gasteiger partial charge in [0.2, 0.25) is 0 Å². The molecule has 2 N–H and O–H groups in total. The molecule has 0 spiro atoms. The summed E-state index contributed by atoms with van der Waals surface area (Å²) in [6.07, 6.45) is 5.47. The van der Waals surface area contributed by atoms with Crippen LogP contribution in [0.5, 0.6) is 11.5 Å². The monoisotopic (exact) mass is 331 g/mol. The molecule has 130 valence electrons. The molecule has 0 unspecified atom stereocenters. The Hall–Kier alpha value is -2.70. The highest BCUT2D eigenvalue weighted by atomic mass is 16.5. The van der Waals surface area contributed by atoms with E-state index < -0.39 is 0 Å². The van der Waals surface area contributed by atoms with Crippen molar-refractivity contribution in [1.82, 2.24) is 14.9 Å². The Morgan fingerprint density at radius 1 is 1.29 bits per heavy atom. The van der Waals surface area contributed by atoms with Gasteiger partial charge in [0, 0.05) is 37.2 Å². The molecule has 0 atom stereocenters. The quantitative estimate of drug-likeness (QED) is 0.574. The molecule has 1 aromatic heterocycles. The predicted octanol–water partition coefficient (Wildman–Crippen LogP) is 2.37. The van der Waals surface area contributed by atoms with Gasteiger partial charge in [0.25, 0.3) is 0 Å². The Bertz CT molecular complexity index is 640. The number of methoxy groups -OCH3 is 1. The van der Waals surface area contributed by atoms with Gasteiger partial charge in [-0.25, -0.2) is 4.98 Å². The van der Waals surface area contributed by atoms with E-state index in [9.17, 15) is 0 Å². The van der Waals surface area contributed by atoms with Crippen LogP contribution in [-0.2, 0) is 6.54 Å². The first-order valence-corrected chi connectivity index (χ1v) is 8.08. The molecule has 1 heterocycles. The number of benzene rings is 1. The van der Waals surface area contributed by atoms with Gasteiger partial charge in [0.1, 0.15) is 0 Å². The summed E-state index contributed by atoms with van der Waals surface area (Å²) in [5.74, 6) is 2.15. The molecule has 0 saturated carbocycles. The number of rotatable bonds is 8. The van der Waals surface area contributed by atoms with Gasteiger partial charge >= 0.3 is 0 Å². The van der Waals surface area contributed by atoms with Gasteiger partial charge in [-0.3, -0.25) is 4.99 Å². The number of guanidine groups is 1. The summed E-state index contributed by atoms with van der Waals surface area (Å²) >= 11 is 0. The van der Waals surface area contributed by atoms with E-state index in [1.807, 2.05) is 42.8 Å². The number of ether oxygens (including phenoxy) is 2. The minimum atomic E-state index is 0.599. The van der Waals surface area contributed by atoms with Gasteiger partial charge in [-0.05, 0) is 26.0 Å². The molecule has 0 fully saturated rings. The summed E-state index contributed by atoms with van der Waals surface area (Å²) < 4.78 is 12.9. The average molecular weight is 331 g/mol. The zero-order valence-electron chi connectivity index (χ0n) is 14.5. The zero-order chi connectivity index (χ0) is 17.2. The standard InChI is InChI=1S/C17H25N5O2/c1-4-19-17(20-9-11-22-10-8-18-13-22)21-14-6-7-15(24-5-2)16(12-14)23-3/h6-8,10,12-13H,4-5,9,11H2,1-3H3,(H2,19,20,21). The average Bonchev–Trinajstić information content (AvgIpc) is 3.10. The number of hydrogen-bond acceptors (Lipinski definition) is 4. The van der Waals surface area contributed by atoms with Crippen molar-refractivity contribution in [3.8, 4) is 11.5 Å². The number of aliphatic imine (C=N–C) groups is 1. The Balaban J connectivity index is 2.03. The van der Waals surface area contributed by atoms with Crippen molar-refractivity contribution < 1.29 is 9.47 Å². The SMILES string of the molecule is CCNC(=NCCn1ccnc1)Nc1ccc(OCC)c(OC)c1. The highest BCUT2D eigenvalue weighted by Gasteiger charge is 2.06. The summed E-state index contributed by atoms with van der Waals surface area (Å²) in [6, 6.07) is 5.73. The first kappa shape index (κ1) is 17.7. The molecule has 0 amide bonds. The smallest absolute Gasteiger partial charge is 0.195 e. The van der Waals surface area contributed by atoms with E-state index in [4.69, 9.17) is 9.47 Å². The topological polar surface area (TPSA) is 72.7 Å². The lowest BCUT2D eigenvalue weighted by molar-refractivity contribution is 0.311. The Morgan fingerprint density at radius 2 is 2.17 bits per heavy atom. The molecular weight excluding hydrogens is 306 g/mol. The summed E-state index contributed by atoms with van der Waals surface area (Å²) in [5, 5.41) is 6.51. The minimum absolute atomic E-state index is 0.599. The molecule has 0 aliphatic carbocycles. The van der Waals surface area contributed by atoms with Gasteiger partial charge in [-0.15, -0.1) is 0 Å². The molecule has 0 bridgehead atoms. The Morgan fingerprint density at radius 3 is 2.83 bits per heavy atom. The number of nitrogens with zero attached hydrogens (tertiary/aromatic N) is 3. The third kappa shape index (κ3) is 5.19. The van der Waals surface area contributed by atoms with Crippen LogP contribution in [0.2, 0.25) is 0 Å². The van der Waals surface area contributed by atoms with Crippen LogP contribution in [0.15, 0.2) is 41.9 Å². The number of imidazole rings is 1. The summed E-state index contributed by atoms with van der Waals surface area (Å²) in [6.45, 7) is 6.79. The lowest BCUT2D eigenvalue weighted by Gasteiger charge is -2.14. The van der Waals surface area contributed by atoms with Crippen molar-refractivity contribution in [3.05, 3.63) is 36.9 Å². The van der Waals surface area contributed by atoms with E-state index in [0.29, 0.717) is 18.9 Å². The summed E-state index contributed by atoms with van der Waals surface area (Å²) in [7, 11) is 1.63. The van der Waals surface area contributed by atoms with Crippen LogP contribution in [0.4, 0.5) is 5.69 Å². The second-order valence-corrected chi connectivity index (χ2v) is 4.98. The third-order valence-electron chi connectivity index (χ3n) is 3.26. The van der Waals surface area contributed by atoms with Crippen molar-refractivity contribution >= 4 is 11.6 Å². The molecule has 1 aromatic carbocycles. The van der Waals surface area contributed by atoms with Crippen LogP contribution in [0, 0.1) is 0 Å². The summed E-state index contributed by atoms with van der Waals surface area (Å²) in [5.41, 5.74) is 0.887. The maximum Gasteiger partial charge on any atom is 0.195 e. The van der Waals surface area contributed by atoms with E-state index in [2.05, 4.69) is 20.6 Å². The van der Waals surface area contributed by atoms with Crippen LogP contribution in [0.25, 0.3) is 0 Å². The first-order chi connectivity index (χ1) is 11.8. The van der Waals surface area contributed by atoms with E-state index in [0.717, 1.165) is 30.5 Å². The Labute approximate surface area is 142 Å². The van der Waals surface area contributed by atoms with Crippen LogP contribution >= 0.6 is 0 Å². The molecule has 2 rings (SSSR count). The van der Waals surface area contributed by atoms with Crippen molar-refractivity contribution in [2.75, 3.05) is 32.1 Å². The normalized spacial score (nSPS) is 11.2. The number of nitrogens with one attached hydrogen (secondary N) is 2. The fourth-order valence-electron chi connectivity index (χ4n) is 2.16. The van der Waals surface area contributed by atoms with Crippen molar-refractivity contribution in [2.45, 2.75) is 20.4 Å². The lowest BCUT2D eigenvalue weighted by atomic mass is 10.2. The molecule has 0 saturated heterocycles. The van der Waals surface area contributed by atoms with E-state index in [-0.39, 0.29) is 0 Å². The van der Waals surface area contributed by atoms with Gasteiger partial charge in [0.15, 0.2) is 17.5 Å². The predicted molar refractivity (Wildman–Crippen MR) is 96.0 cm³/mol. The van der Waals surface area contributed by atoms with Crippen molar-refractivity contribution in [2.24, 2.45) is 4.99 Å². The second kappa shape index (κ2) is 9.44. The number of aromatic nitrogens is 2. The van der Waals surface area contributed by atoms with Crippen LogP contribution in [0.1, 0.15) is 13.8 Å². The third-order valence-corrected chi connectivity index (χ3v) is 3.26. The van der Waals surface area contributed by atoms with E-state index in [1.54, 1.807) is 19.6 Å². The van der Waals surface area contributed by atoms with Crippen LogP contribution < -0.4 is 20.1 Å². The molecule has 2 aromatic rings. The molecule has 0 aliphatic heterocycles. The highest BCUT2D eigenvalue weighted by molar-refractivity contribution is 5.93. The molecule has 24 heavy (non-hydrogen) atoms. The van der Waals surface area contributed by atoms with Gasteiger partial charge < -0.3 is 24.7 Å². The van der Waals surface area contributed by atoms with Gasteiger partial charge in [-0.1, -0.05) is 0 Å². The van der Waals surface area contributed by atoms with Gasteiger partial charge in [0.05, 0.1) is 26.6 Å². The largest absolute Gasteiger partial charge is 0.493 e. The molecular formula is C17H25N5O2. The molecule has 0 radical (unpaired) electrons. The van der Waals surface area contributed by atoms with E-state index >= 15 is 0 Å². The fourth-order valence-corrected chi connectivity index (χ4v) is 2.16. The highest BCUT2D eigenvalue weighted by Crippen LogP contribution is 2.30. The molecule has 7 heteroatoms. The Kier molecular flexibility index (Phi) is 6.94. The first-order valence-electron chi connectivity index (χ1n) is 8.08. The lowest BCUT2D eigenvalue weighted by Crippen LogP contribution is -2.31. The molecule has 7 nitrogen and oxygen atoms in total. The van der Waals surface area contributed by atoms with Crippen molar-refractivity contribution in [1.29, 1.82) is 0 Å². The number of anilines is 1. The fraction of sp³-hybridized carbons (Fsp3) is 0.412. The maximum absolute atomic E-state index is 5.53.